The Morgan fingerprint density at radius 1 is 1.00 bits per heavy atom. The van der Waals surface area contributed by atoms with E-state index in [9.17, 15) is 13.2 Å². The number of halogens is 1. The number of benzene rings is 3. The Bertz CT molecular complexity index is 1220. The van der Waals surface area contributed by atoms with Crippen molar-refractivity contribution in [1.29, 1.82) is 0 Å². The van der Waals surface area contributed by atoms with Crippen LogP contribution in [0, 0.1) is 0 Å². The van der Waals surface area contributed by atoms with E-state index < -0.39 is 15.9 Å². The van der Waals surface area contributed by atoms with Gasteiger partial charge in [0.2, 0.25) is 0 Å². The number of carbonyl (C=O) groups is 1. The lowest BCUT2D eigenvalue weighted by Crippen LogP contribution is -2.21. The molecule has 172 valence electrons. The second-order valence-corrected chi connectivity index (χ2v) is 9.22. The zero-order valence-corrected chi connectivity index (χ0v) is 19.9. The Balaban J connectivity index is 1.66. The summed E-state index contributed by atoms with van der Waals surface area (Å²) < 4.78 is 27.8. The Labute approximate surface area is 199 Å². The van der Waals surface area contributed by atoms with Gasteiger partial charge >= 0.3 is 0 Å². The number of hydrogen-bond donors (Lipinski definition) is 2. The van der Waals surface area contributed by atoms with E-state index in [0.717, 1.165) is 24.3 Å². The molecule has 9 heteroatoms. The Hall–Kier alpha value is -3.36. The standard InChI is InChI=1S/C24H25ClN4O3S/c1-3-29(4-2)22-14-8-18(9-15-22)17-26-27-24(30)19-6-5-7-23(16-19)33(31,32)28-21-12-10-20(25)11-13-21/h5-17,28H,3-4H2,1-2H3,(H,27,30). The van der Waals surface area contributed by atoms with Crippen LogP contribution in [0.2, 0.25) is 5.02 Å². The summed E-state index contributed by atoms with van der Waals surface area (Å²) in [5.41, 5.74) is 4.91. The molecular weight excluding hydrogens is 460 g/mol. The lowest BCUT2D eigenvalue weighted by molar-refractivity contribution is 0.0955. The summed E-state index contributed by atoms with van der Waals surface area (Å²) in [7, 11) is -3.88. The molecule has 0 fully saturated rings. The number of anilines is 2. The zero-order chi connectivity index (χ0) is 23.8. The van der Waals surface area contributed by atoms with E-state index >= 15 is 0 Å². The summed E-state index contributed by atoms with van der Waals surface area (Å²) in [5.74, 6) is -0.519. The summed E-state index contributed by atoms with van der Waals surface area (Å²) in [4.78, 5) is 14.7. The first-order chi connectivity index (χ1) is 15.8. The molecule has 3 aromatic rings. The molecule has 0 aromatic heterocycles. The molecule has 3 aromatic carbocycles. The largest absolute Gasteiger partial charge is 0.372 e. The number of nitrogens with one attached hydrogen (secondary N) is 2. The Morgan fingerprint density at radius 2 is 1.67 bits per heavy atom. The van der Waals surface area contributed by atoms with Gasteiger partial charge in [-0.2, -0.15) is 5.10 Å². The number of hydrazone groups is 1. The summed E-state index contributed by atoms with van der Waals surface area (Å²) >= 11 is 5.83. The second-order valence-electron chi connectivity index (χ2n) is 7.10. The number of rotatable bonds is 9. The fourth-order valence-corrected chi connectivity index (χ4v) is 4.36. The average Bonchev–Trinajstić information content (AvgIpc) is 2.82. The van der Waals surface area contributed by atoms with Gasteiger partial charge in [0.15, 0.2) is 0 Å². The first kappa shape index (κ1) is 24.3. The van der Waals surface area contributed by atoms with Gasteiger partial charge in [-0.15, -0.1) is 0 Å². The Kier molecular flexibility index (Phi) is 8.08. The maximum absolute atomic E-state index is 12.7. The molecule has 0 saturated heterocycles. The minimum atomic E-state index is -3.88. The van der Waals surface area contributed by atoms with Gasteiger partial charge in [0, 0.05) is 35.1 Å². The van der Waals surface area contributed by atoms with E-state index in [2.05, 4.69) is 34.0 Å². The molecule has 0 saturated carbocycles. The van der Waals surface area contributed by atoms with Crippen molar-refractivity contribution < 1.29 is 13.2 Å². The van der Waals surface area contributed by atoms with Crippen molar-refractivity contribution in [3.05, 3.63) is 88.9 Å². The third kappa shape index (κ3) is 6.57. The number of nitrogens with zero attached hydrogens (tertiary/aromatic N) is 2. The predicted molar refractivity (Wildman–Crippen MR) is 134 cm³/mol. The SMILES string of the molecule is CCN(CC)c1ccc(C=NNC(=O)c2cccc(S(=O)(=O)Nc3ccc(Cl)cc3)c2)cc1. The van der Waals surface area contributed by atoms with Crippen molar-refractivity contribution in [3.8, 4) is 0 Å². The number of sulfonamides is 1. The van der Waals surface area contributed by atoms with Crippen molar-refractivity contribution in [2.24, 2.45) is 5.10 Å². The third-order valence-corrected chi connectivity index (χ3v) is 6.54. The molecule has 33 heavy (non-hydrogen) atoms. The van der Waals surface area contributed by atoms with E-state index in [1.54, 1.807) is 24.3 Å². The van der Waals surface area contributed by atoms with E-state index in [1.807, 2.05) is 24.3 Å². The highest BCUT2D eigenvalue weighted by Gasteiger charge is 2.16. The van der Waals surface area contributed by atoms with Gasteiger partial charge in [-0.05, 0) is 74.0 Å². The third-order valence-electron chi connectivity index (χ3n) is 4.90. The van der Waals surface area contributed by atoms with E-state index in [1.165, 1.54) is 30.5 Å². The van der Waals surface area contributed by atoms with Crippen molar-refractivity contribution in [3.63, 3.8) is 0 Å². The molecular formula is C24H25ClN4O3S. The van der Waals surface area contributed by atoms with Crippen LogP contribution < -0.4 is 15.0 Å². The second kappa shape index (κ2) is 11.0. The minimum Gasteiger partial charge on any atom is -0.372 e. The molecule has 1 amide bonds. The zero-order valence-electron chi connectivity index (χ0n) is 18.3. The molecule has 0 atom stereocenters. The molecule has 0 aliphatic carbocycles. The first-order valence-corrected chi connectivity index (χ1v) is 12.3. The summed E-state index contributed by atoms with van der Waals surface area (Å²) in [6, 6.07) is 19.8. The van der Waals surface area contributed by atoms with Crippen LogP contribution in [0.3, 0.4) is 0 Å². The topological polar surface area (TPSA) is 90.9 Å². The lowest BCUT2D eigenvalue weighted by atomic mass is 10.2. The van der Waals surface area contributed by atoms with Gasteiger partial charge in [-0.25, -0.2) is 13.8 Å². The fourth-order valence-electron chi connectivity index (χ4n) is 3.13. The van der Waals surface area contributed by atoms with Crippen LogP contribution in [-0.4, -0.2) is 33.6 Å². The van der Waals surface area contributed by atoms with Crippen LogP contribution in [0.1, 0.15) is 29.8 Å². The predicted octanol–water partition coefficient (Wildman–Crippen LogP) is 4.75. The van der Waals surface area contributed by atoms with E-state index in [0.29, 0.717) is 10.7 Å². The molecule has 0 unspecified atom stereocenters. The number of amides is 1. The lowest BCUT2D eigenvalue weighted by Gasteiger charge is -2.20. The number of carbonyl (C=O) groups excluding carboxylic acids is 1. The van der Waals surface area contributed by atoms with Crippen LogP contribution in [0.25, 0.3) is 0 Å². The highest BCUT2D eigenvalue weighted by atomic mass is 35.5. The Morgan fingerprint density at radius 3 is 2.30 bits per heavy atom. The quantitative estimate of drug-likeness (QED) is 0.338. The van der Waals surface area contributed by atoms with Crippen molar-refractivity contribution in [2.45, 2.75) is 18.7 Å². The van der Waals surface area contributed by atoms with Crippen LogP contribution in [-0.2, 0) is 10.0 Å². The van der Waals surface area contributed by atoms with Crippen molar-refractivity contribution in [1.82, 2.24) is 5.43 Å². The summed E-state index contributed by atoms with van der Waals surface area (Å²) in [5, 5.41) is 4.48. The molecule has 0 radical (unpaired) electrons. The van der Waals surface area contributed by atoms with Crippen molar-refractivity contribution >= 4 is 45.1 Å². The monoisotopic (exact) mass is 484 g/mol. The van der Waals surface area contributed by atoms with Crippen LogP contribution >= 0.6 is 11.6 Å². The molecule has 3 rings (SSSR count). The van der Waals surface area contributed by atoms with Crippen LogP contribution in [0.15, 0.2) is 82.8 Å². The number of hydrogen-bond acceptors (Lipinski definition) is 5. The van der Waals surface area contributed by atoms with Gasteiger partial charge in [0.05, 0.1) is 11.1 Å². The maximum Gasteiger partial charge on any atom is 0.271 e. The average molecular weight is 485 g/mol. The van der Waals surface area contributed by atoms with E-state index in [-0.39, 0.29) is 10.5 Å². The molecule has 0 spiro atoms. The van der Waals surface area contributed by atoms with Crippen LogP contribution in [0.5, 0.6) is 0 Å². The van der Waals surface area contributed by atoms with Gasteiger partial charge in [0.25, 0.3) is 15.9 Å². The maximum atomic E-state index is 12.7. The summed E-state index contributed by atoms with van der Waals surface area (Å²) in [6.07, 6.45) is 1.53. The van der Waals surface area contributed by atoms with E-state index in [4.69, 9.17) is 11.6 Å². The van der Waals surface area contributed by atoms with Gasteiger partial charge in [-0.3, -0.25) is 9.52 Å². The smallest absolute Gasteiger partial charge is 0.271 e. The van der Waals surface area contributed by atoms with Gasteiger partial charge < -0.3 is 4.90 Å². The minimum absolute atomic E-state index is 0.0407. The van der Waals surface area contributed by atoms with Crippen molar-refractivity contribution in [2.75, 3.05) is 22.7 Å². The normalized spacial score (nSPS) is 11.4. The van der Waals surface area contributed by atoms with Gasteiger partial charge in [0.1, 0.15) is 0 Å². The first-order valence-electron chi connectivity index (χ1n) is 10.4. The molecule has 7 nitrogen and oxygen atoms in total. The molecule has 0 aliphatic heterocycles. The molecule has 0 heterocycles. The van der Waals surface area contributed by atoms with Gasteiger partial charge in [-0.1, -0.05) is 29.8 Å². The molecule has 0 bridgehead atoms. The molecule has 0 aliphatic rings. The molecule has 2 N–H and O–H groups in total. The fraction of sp³-hybridized carbons (Fsp3) is 0.167. The summed E-state index contributed by atoms with van der Waals surface area (Å²) in [6.45, 7) is 6.04. The van der Waals surface area contributed by atoms with Crippen LogP contribution in [0.4, 0.5) is 11.4 Å². The highest BCUT2D eigenvalue weighted by Crippen LogP contribution is 2.19. The highest BCUT2D eigenvalue weighted by molar-refractivity contribution is 7.92.